The molecule has 1 aromatic carbocycles. The van der Waals surface area contributed by atoms with Crippen LogP contribution in [0.4, 0.5) is 5.69 Å². The number of aromatic amines is 1. The molecule has 0 unspecified atom stereocenters. The lowest BCUT2D eigenvalue weighted by molar-refractivity contribution is -0.116. The number of thiophene rings is 1. The number of hydrogen-bond donors (Lipinski definition) is 2. The van der Waals surface area contributed by atoms with E-state index in [0.717, 1.165) is 20.6 Å². The zero-order valence-corrected chi connectivity index (χ0v) is 16.0. The molecule has 0 fully saturated rings. The minimum atomic E-state index is -0.311. The number of carbonyl (C=O) groups excluding carboxylic acids is 1. The number of anilines is 1. The fourth-order valence-electron chi connectivity index (χ4n) is 2.31. The maximum absolute atomic E-state index is 12.6. The van der Waals surface area contributed by atoms with E-state index in [-0.39, 0.29) is 22.8 Å². The molecule has 24 heavy (non-hydrogen) atoms. The molecule has 0 radical (unpaired) electrons. The number of amides is 1. The van der Waals surface area contributed by atoms with Gasteiger partial charge in [0.2, 0.25) is 5.91 Å². The van der Waals surface area contributed by atoms with E-state index in [4.69, 9.17) is 12.2 Å². The summed E-state index contributed by atoms with van der Waals surface area (Å²) in [6.45, 7) is 1.89. The van der Waals surface area contributed by atoms with Gasteiger partial charge in [-0.1, -0.05) is 19.1 Å². The quantitative estimate of drug-likeness (QED) is 0.621. The Morgan fingerprint density at radius 3 is 2.88 bits per heavy atom. The first kappa shape index (κ1) is 17.1. The number of benzene rings is 1. The zero-order valence-electron chi connectivity index (χ0n) is 12.8. The van der Waals surface area contributed by atoms with Crippen molar-refractivity contribution in [3.63, 3.8) is 0 Å². The van der Waals surface area contributed by atoms with Gasteiger partial charge < -0.3 is 10.3 Å². The Hall–Kier alpha value is -1.77. The molecule has 0 spiro atoms. The van der Waals surface area contributed by atoms with Gasteiger partial charge in [-0.2, -0.15) is 0 Å². The Morgan fingerprint density at radius 2 is 2.17 bits per heavy atom. The molecule has 2 N–H and O–H groups in total. The number of aryl methyl sites for hydroxylation is 1. The summed E-state index contributed by atoms with van der Waals surface area (Å²) in [5.74, 6) is -0.311. The Bertz CT molecular complexity index is 1040. The van der Waals surface area contributed by atoms with Gasteiger partial charge in [0.05, 0.1) is 11.1 Å². The van der Waals surface area contributed by atoms with E-state index >= 15 is 0 Å². The highest BCUT2D eigenvalue weighted by atomic mass is 79.9. The first-order chi connectivity index (χ1) is 11.5. The van der Waals surface area contributed by atoms with Crippen LogP contribution in [0, 0.1) is 4.77 Å². The van der Waals surface area contributed by atoms with Crippen LogP contribution in [0.2, 0.25) is 0 Å². The van der Waals surface area contributed by atoms with Crippen LogP contribution in [-0.4, -0.2) is 15.5 Å². The molecule has 3 aromatic rings. The predicted molar refractivity (Wildman–Crippen MR) is 103 cm³/mol. The number of carbonyl (C=O) groups is 1. The van der Waals surface area contributed by atoms with Gasteiger partial charge in [-0.3, -0.25) is 14.2 Å². The summed E-state index contributed by atoms with van der Waals surface area (Å²) < 4.78 is 2.31. The summed E-state index contributed by atoms with van der Waals surface area (Å²) in [5, 5.41) is 3.34. The van der Waals surface area contributed by atoms with Gasteiger partial charge in [-0.15, -0.1) is 11.3 Å². The Balaban J connectivity index is 1.92. The lowest BCUT2D eigenvalue weighted by Gasteiger charge is -2.09. The third-order valence-electron chi connectivity index (χ3n) is 3.52. The van der Waals surface area contributed by atoms with E-state index in [0.29, 0.717) is 11.1 Å². The van der Waals surface area contributed by atoms with Gasteiger partial charge in [0.15, 0.2) is 4.77 Å². The Labute approximate surface area is 155 Å². The highest BCUT2D eigenvalue weighted by molar-refractivity contribution is 9.10. The van der Waals surface area contributed by atoms with Gasteiger partial charge in [0.1, 0.15) is 11.4 Å². The average Bonchev–Trinajstić information content (AvgIpc) is 2.97. The molecule has 5 nitrogen and oxygen atoms in total. The van der Waals surface area contributed by atoms with Gasteiger partial charge in [-0.25, -0.2) is 0 Å². The molecule has 8 heteroatoms. The molecule has 0 atom stereocenters. The van der Waals surface area contributed by atoms with E-state index in [1.807, 2.05) is 31.2 Å². The standard InChI is InChI=1S/C16H14BrN3O2S2/c1-2-9-7-10-14(24-9)19-16(23)20(15(10)22)8-13(21)18-12-6-4-3-5-11(12)17/h3-7H,2,8H2,1H3,(H,18,21)(H,19,23). The fraction of sp³-hybridized carbons (Fsp3) is 0.188. The molecule has 0 bridgehead atoms. The van der Waals surface area contributed by atoms with Crippen molar-refractivity contribution in [2.45, 2.75) is 19.9 Å². The van der Waals surface area contributed by atoms with Crippen molar-refractivity contribution in [1.82, 2.24) is 9.55 Å². The number of halogens is 1. The van der Waals surface area contributed by atoms with E-state index in [9.17, 15) is 9.59 Å². The largest absolute Gasteiger partial charge is 0.324 e. The zero-order chi connectivity index (χ0) is 17.3. The second kappa shape index (κ2) is 7.00. The molecule has 2 heterocycles. The van der Waals surface area contributed by atoms with Crippen molar-refractivity contribution in [3.05, 3.63) is 54.8 Å². The second-order valence-electron chi connectivity index (χ2n) is 5.16. The lowest BCUT2D eigenvalue weighted by atomic mass is 10.3. The summed E-state index contributed by atoms with van der Waals surface area (Å²) in [7, 11) is 0. The number of nitrogens with one attached hydrogen (secondary N) is 2. The van der Waals surface area contributed by atoms with Crippen molar-refractivity contribution in [1.29, 1.82) is 0 Å². The van der Waals surface area contributed by atoms with E-state index in [1.165, 1.54) is 15.9 Å². The van der Waals surface area contributed by atoms with Crippen LogP contribution in [0.15, 0.2) is 39.6 Å². The average molecular weight is 424 g/mol. The van der Waals surface area contributed by atoms with Crippen molar-refractivity contribution in [2.24, 2.45) is 0 Å². The minimum absolute atomic E-state index is 0.136. The molecule has 124 valence electrons. The van der Waals surface area contributed by atoms with Gasteiger partial charge in [0, 0.05) is 9.35 Å². The maximum atomic E-state index is 12.6. The number of para-hydroxylation sites is 1. The summed E-state index contributed by atoms with van der Waals surface area (Å²) in [4.78, 5) is 29.8. The smallest absolute Gasteiger partial charge is 0.263 e. The highest BCUT2D eigenvalue weighted by Crippen LogP contribution is 2.22. The Kier molecular flexibility index (Phi) is 4.98. The normalized spacial score (nSPS) is 10.9. The molecular formula is C16H14BrN3O2S2. The lowest BCUT2D eigenvalue weighted by Crippen LogP contribution is -2.28. The second-order valence-corrected chi connectivity index (χ2v) is 7.54. The topological polar surface area (TPSA) is 66.9 Å². The molecule has 3 rings (SSSR count). The monoisotopic (exact) mass is 423 g/mol. The maximum Gasteiger partial charge on any atom is 0.263 e. The van der Waals surface area contributed by atoms with Crippen molar-refractivity contribution < 1.29 is 4.79 Å². The molecule has 0 aliphatic carbocycles. The molecular weight excluding hydrogens is 410 g/mol. The molecule has 2 aromatic heterocycles. The Morgan fingerprint density at radius 1 is 1.42 bits per heavy atom. The molecule has 0 saturated heterocycles. The number of aromatic nitrogens is 2. The number of nitrogens with zero attached hydrogens (tertiary/aromatic N) is 1. The van der Waals surface area contributed by atoms with Crippen LogP contribution < -0.4 is 10.9 Å². The van der Waals surface area contributed by atoms with E-state index in [1.54, 1.807) is 6.07 Å². The van der Waals surface area contributed by atoms with Crippen molar-refractivity contribution in [2.75, 3.05) is 5.32 Å². The molecule has 0 aliphatic rings. The van der Waals surface area contributed by atoms with Crippen molar-refractivity contribution in [3.8, 4) is 0 Å². The highest BCUT2D eigenvalue weighted by Gasteiger charge is 2.13. The number of hydrogen-bond acceptors (Lipinski definition) is 4. The van der Waals surface area contributed by atoms with Gasteiger partial charge in [-0.05, 0) is 52.8 Å². The van der Waals surface area contributed by atoms with Gasteiger partial charge in [0.25, 0.3) is 5.56 Å². The third kappa shape index (κ3) is 3.35. The summed E-state index contributed by atoms with van der Waals surface area (Å²) in [6.07, 6.45) is 0.849. The minimum Gasteiger partial charge on any atom is -0.324 e. The van der Waals surface area contributed by atoms with Crippen LogP contribution in [0.1, 0.15) is 11.8 Å². The van der Waals surface area contributed by atoms with Crippen LogP contribution in [0.3, 0.4) is 0 Å². The number of rotatable bonds is 4. The number of H-pyrrole nitrogens is 1. The van der Waals surface area contributed by atoms with Crippen LogP contribution in [-0.2, 0) is 17.8 Å². The summed E-state index contributed by atoms with van der Waals surface area (Å²) in [6, 6.07) is 9.15. The summed E-state index contributed by atoms with van der Waals surface area (Å²) >= 11 is 10.1. The van der Waals surface area contributed by atoms with Crippen LogP contribution in [0.25, 0.3) is 10.2 Å². The SMILES string of the molecule is CCc1cc2c(=O)n(CC(=O)Nc3ccccc3Br)c(=S)[nH]c2s1. The summed E-state index contributed by atoms with van der Waals surface area (Å²) in [5.41, 5.74) is 0.405. The third-order valence-corrected chi connectivity index (χ3v) is 5.73. The first-order valence-corrected chi connectivity index (χ1v) is 9.31. The van der Waals surface area contributed by atoms with E-state index < -0.39 is 0 Å². The predicted octanol–water partition coefficient (Wildman–Crippen LogP) is 4.08. The molecule has 1 amide bonds. The molecule has 0 saturated carbocycles. The first-order valence-electron chi connectivity index (χ1n) is 7.29. The van der Waals surface area contributed by atoms with Gasteiger partial charge >= 0.3 is 0 Å². The van der Waals surface area contributed by atoms with Crippen LogP contribution >= 0.6 is 39.5 Å². The fourth-order valence-corrected chi connectivity index (χ4v) is 3.99. The van der Waals surface area contributed by atoms with Crippen molar-refractivity contribution >= 4 is 61.3 Å². The number of fused-ring (bicyclic) bond motifs is 1. The van der Waals surface area contributed by atoms with Crippen LogP contribution in [0.5, 0.6) is 0 Å². The molecule has 0 aliphatic heterocycles. The van der Waals surface area contributed by atoms with E-state index in [2.05, 4.69) is 26.2 Å².